The van der Waals surface area contributed by atoms with Crippen LogP contribution in [0.1, 0.15) is 13.8 Å². The highest BCUT2D eigenvalue weighted by atomic mass is 35.5. The molecular weight excluding hydrogens is 168 g/mol. The molecule has 0 aromatic carbocycles. The zero-order valence-corrected chi connectivity index (χ0v) is 7.38. The Hall–Kier alpha value is -0.280. The predicted molar refractivity (Wildman–Crippen MR) is 42.7 cm³/mol. The van der Waals surface area contributed by atoms with Crippen LogP contribution in [0.4, 0.5) is 0 Å². The van der Waals surface area contributed by atoms with Gasteiger partial charge >= 0.3 is 5.97 Å². The van der Waals surface area contributed by atoms with Crippen LogP contribution in [0.5, 0.6) is 0 Å². The average Bonchev–Trinajstić information content (AvgIpc) is 1.85. The van der Waals surface area contributed by atoms with Crippen LogP contribution in [-0.4, -0.2) is 28.2 Å². The van der Waals surface area contributed by atoms with Gasteiger partial charge in [-0.1, -0.05) is 13.8 Å². The van der Waals surface area contributed by atoms with Gasteiger partial charge in [-0.15, -0.1) is 11.6 Å². The molecule has 0 spiro atoms. The zero-order chi connectivity index (χ0) is 9.02. The molecule has 0 amide bonds. The standard InChI is InChI=1S/C7H13ClO3/c1-4(2)6(7(10)11)5(9)3-8/h4-6,9H,3H2,1-2H3,(H,10,11)/t5-,6?/m1/s1. The Kier molecular flexibility index (Phi) is 4.45. The molecule has 11 heavy (non-hydrogen) atoms. The fraction of sp³-hybridized carbons (Fsp3) is 0.857. The van der Waals surface area contributed by atoms with E-state index in [9.17, 15) is 4.79 Å². The van der Waals surface area contributed by atoms with Crippen LogP contribution in [-0.2, 0) is 4.79 Å². The van der Waals surface area contributed by atoms with Gasteiger partial charge in [-0.3, -0.25) is 4.79 Å². The first-order valence-corrected chi connectivity index (χ1v) is 4.01. The minimum absolute atomic E-state index is 0.0326. The van der Waals surface area contributed by atoms with Crippen LogP contribution in [0.2, 0.25) is 0 Å². The SMILES string of the molecule is CC(C)C(C(=O)O)[C@H](O)CCl. The quantitative estimate of drug-likeness (QED) is 0.634. The van der Waals surface area contributed by atoms with Gasteiger partial charge in [-0.05, 0) is 5.92 Å². The monoisotopic (exact) mass is 180 g/mol. The molecule has 0 aromatic heterocycles. The molecule has 4 heteroatoms. The Morgan fingerprint density at radius 1 is 1.55 bits per heavy atom. The van der Waals surface area contributed by atoms with E-state index in [1.165, 1.54) is 0 Å². The van der Waals surface area contributed by atoms with Crippen molar-refractivity contribution < 1.29 is 15.0 Å². The molecule has 2 atom stereocenters. The van der Waals surface area contributed by atoms with Crippen molar-refractivity contribution in [3.05, 3.63) is 0 Å². The van der Waals surface area contributed by atoms with E-state index >= 15 is 0 Å². The molecule has 0 aromatic rings. The van der Waals surface area contributed by atoms with Gasteiger partial charge in [-0.25, -0.2) is 0 Å². The van der Waals surface area contributed by atoms with Gasteiger partial charge in [0.2, 0.25) is 0 Å². The smallest absolute Gasteiger partial charge is 0.309 e. The van der Waals surface area contributed by atoms with Crippen LogP contribution in [0.3, 0.4) is 0 Å². The first kappa shape index (κ1) is 10.7. The van der Waals surface area contributed by atoms with Crippen LogP contribution in [0.25, 0.3) is 0 Å². The summed E-state index contributed by atoms with van der Waals surface area (Å²) in [6, 6.07) is 0. The van der Waals surface area contributed by atoms with Crippen LogP contribution in [0, 0.1) is 11.8 Å². The molecule has 0 aliphatic carbocycles. The number of hydrogen-bond donors (Lipinski definition) is 2. The number of carboxylic acids is 1. The first-order valence-electron chi connectivity index (χ1n) is 3.47. The van der Waals surface area contributed by atoms with Gasteiger partial charge < -0.3 is 10.2 Å². The van der Waals surface area contributed by atoms with E-state index in [0.717, 1.165) is 0 Å². The summed E-state index contributed by atoms with van der Waals surface area (Å²) in [6.45, 7) is 3.49. The van der Waals surface area contributed by atoms with E-state index in [4.69, 9.17) is 21.8 Å². The highest BCUT2D eigenvalue weighted by Gasteiger charge is 2.28. The van der Waals surface area contributed by atoms with Crippen molar-refractivity contribution in [2.45, 2.75) is 20.0 Å². The molecule has 0 aliphatic rings. The normalized spacial score (nSPS) is 16.5. The van der Waals surface area contributed by atoms with Crippen LogP contribution < -0.4 is 0 Å². The van der Waals surface area contributed by atoms with Crippen LogP contribution >= 0.6 is 11.6 Å². The maximum absolute atomic E-state index is 10.5. The first-order chi connectivity index (χ1) is 5.00. The highest BCUT2D eigenvalue weighted by molar-refractivity contribution is 6.18. The Labute approximate surface area is 71.0 Å². The molecule has 0 radical (unpaired) electrons. The van der Waals surface area contributed by atoms with Gasteiger partial charge in [-0.2, -0.15) is 0 Å². The van der Waals surface area contributed by atoms with E-state index in [1.807, 2.05) is 0 Å². The topological polar surface area (TPSA) is 57.5 Å². The van der Waals surface area contributed by atoms with Gasteiger partial charge in [0.25, 0.3) is 0 Å². The number of carboxylic acid groups (broad SMARTS) is 1. The number of alkyl halides is 1. The summed E-state index contributed by atoms with van der Waals surface area (Å²) in [5, 5.41) is 17.8. The Morgan fingerprint density at radius 3 is 2.09 bits per heavy atom. The molecule has 0 fully saturated rings. The lowest BCUT2D eigenvalue weighted by atomic mass is 9.91. The number of hydrogen-bond acceptors (Lipinski definition) is 2. The number of aliphatic hydroxyl groups excluding tert-OH is 1. The molecule has 0 saturated carbocycles. The van der Waals surface area contributed by atoms with Gasteiger partial charge in [0.05, 0.1) is 12.0 Å². The third kappa shape index (κ3) is 3.08. The molecule has 0 aliphatic heterocycles. The Bertz CT molecular complexity index is 136. The Balaban J connectivity index is 4.21. The molecule has 0 saturated heterocycles. The minimum Gasteiger partial charge on any atom is -0.481 e. The summed E-state index contributed by atoms with van der Waals surface area (Å²) in [6.07, 6.45) is -0.950. The maximum Gasteiger partial charge on any atom is 0.309 e. The van der Waals surface area contributed by atoms with Crippen molar-refractivity contribution in [2.75, 3.05) is 5.88 Å². The predicted octanol–water partition coefficient (Wildman–Crippen LogP) is 0.943. The molecule has 0 heterocycles. The fourth-order valence-electron chi connectivity index (χ4n) is 0.990. The van der Waals surface area contributed by atoms with Crippen LogP contribution in [0.15, 0.2) is 0 Å². The molecular formula is C7H13ClO3. The number of carbonyl (C=O) groups is 1. The lowest BCUT2D eigenvalue weighted by Gasteiger charge is -2.19. The van der Waals surface area contributed by atoms with Gasteiger partial charge in [0.1, 0.15) is 0 Å². The summed E-state index contributed by atoms with van der Waals surface area (Å²) in [5.41, 5.74) is 0. The number of halogens is 1. The second-order valence-corrected chi connectivity index (χ2v) is 3.14. The summed E-state index contributed by atoms with van der Waals surface area (Å²) in [5.74, 6) is -1.88. The molecule has 0 bridgehead atoms. The van der Waals surface area contributed by atoms with Gasteiger partial charge in [0.15, 0.2) is 0 Å². The number of rotatable bonds is 4. The second-order valence-electron chi connectivity index (χ2n) is 2.83. The van der Waals surface area contributed by atoms with E-state index in [0.29, 0.717) is 0 Å². The van der Waals surface area contributed by atoms with Crippen molar-refractivity contribution in [1.82, 2.24) is 0 Å². The van der Waals surface area contributed by atoms with Crippen molar-refractivity contribution in [1.29, 1.82) is 0 Å². The molecule has 0 rings (SSSR count). The van der Waals surface area contributed by atoms with E-state index < -0.39 is 18.0 Å². The van der Waals surface area contributed by atoms with E-state index in [1.54, 1.807) is 13.8 Å². The second kappa shape index (κ2) is 4.57. The fourth-order valence-corrected chi connectivity index (χ4v) is 1.18. The summed E-state index contributed by atoms with van der Waals surface area (Å²) < 4.78 is 0. The third-order valence-corrected chi connectivity index (χ3v) is 1.89. The minimum atomic E-state index is -0.992. The molecule has 3 nitrogen and oxygen atoms in total. The van der Waals surface area contributed by atoms with Crippen molar-refractivity contribution in [2.24, 2.45) is 11.8 Å². The van der Waals surface area contributed by atoms with Crippen molar-refractivity contribution in [3.8, 4) is 0 Å². The zero-order valence-electron chi connectivity index (χ0n) is 6.62. The number of aliphatic hydroxyl groups is 1. The number of aliphatic carboxylic acids is 1. The van der Waals surface area contributed by atoms with E-state index in [2.05, 4.69) is 0 Å². The lowest BCUT2D eigenvalue weighted by Crippen LogP contribution is -2.33. The Morgan fingerprint density at radius 2 is 2.00 bits per heavy atom. The summed E-state index contributed by atoms with van der Waals surface area (Å²) in [7, 11) is 0. The highest BCUT2D eigenvalue weighted by Crippen LogP contribution is 2.16. The summed E-state index contributed by atoms with van der Waals surface area (Å²) >= 11 is 5.32. The molecule has 1 unspecified atom stereocenters. The lowest BCUT2D eigenvalue weighted by molar-refractivity contribution is -0.147. The molecule has 2 N–H and O–H groups in total. The largest absolute Gasteiger partial charge is 0.481 e. The van der Waals surface area contributed by atoms with Crippen molar-refractivity contribution in [3.63, 3.8) is 0 Å². The maximum atomic E-state index is 10.5. The summed E-state index contributed by atoms with van der Waals surface area (Å²) in [4.78, 5) is 10.5. The average molecular weight is 181 g/mol. The molecule has 66 valence electrons. The van der Waals surface area contributed by atoms with Gasteiger partial charge in [0, 0.05) is 5.88 Å². The third-order valence-electron chi connectivity index (χ3n) is 1.58. The van der Waals surface area contributed by atoms with Crippen molar-refractivity contribution >= 4 is 17.6 Å². The van der Waals surface area contributed by atoms with E-state index in [-0.39, 0.29) is 11.8 Å².